The van der Waals surface area contributed by atoms with Crippen LogP contribution < -0.4 is 10.2 Å². The lowest BCUT2D eigenvalue weighted by Gasteiger charge is -2.08. The van der Waals surface area contributed by atoms with Crippen LogP contribution in [0.25, 0.3) is 20.4 Å². The molecule has 2 N–H and O–H groups in total. The molecule has 0 aromatic carbocycles. The van der Waals surface area contributed by atoms with Gasteiger partial charge in [-0.25, -0.2) is 15.0 Å². The molecule has 0 aliphatic heterocycles. The smallest absolute Gasteiger partial charge is 0.147 e. The number of thiophene rings is 1. The van der Waals surface area contributed by atoms with Crippen LogP contribution in [0.3, 0.4) is 0 Å². The highest BCUT2D eigenvalue weighted by atomic mass is 32.1. The third-order valence-electron chi connectivity index (χ3n) is 3.70. The molecule has 3 heterocycles. The van der Waals surface area contributed by atoms with Crippen LogP contribution in [-0.4, -0.2) is 42.1 Å². The largest absolute Gasteiger partial charge is 0.369 e. The molecule has 3 aromatic rings. The number of nitrogens with one attached hydrogen (secondary N) is 2. The molecular formula is C16H22N5S+. The molecule has 0 spiro atoms. The molecule has 0 radical (unpaired) electrons. The summed E-state index contributed by atoms with van der Waals surface area (Å²) in [6.07, 6.45) is 2.77. The minimum absolute atomic E-state index is 0.928. The van der Waals surface area contributed by atoms with Crippen LogP contribution in [0.4, 0.5) is 5.82 Å². The van der Waals surface area contributed by atoms with E-state index in [2.05, 4.69) is 47.4 Å². The Bertz CT molecular complexity index is 809. The Hall–Kier alpha value is -1.79. The van der Waals surface area contributed by atoms with Gasteiger partial charge in [0.25, 0.3) is 0 Å². The predicted octanol–water partition coefficient (Wildman–Crippen LogP) is 1.80. The van der Waals surface area contributed by atoms with Crippen molar-refractivity contribution in [1.82, 2.24) is 15.0 Å². The predicted molar refractivity (Wildman–Crippen MR) is 93.0 cm³/mol. The third kappa shape index (κ3) is 2.89. The summed E-state index contributed by atoms with van der Waals surface area (Å²) in [7, 11) is 4.34. The van der Waals surface area contributed by atoms with Gasteiger partial charge in [-0.2, -0.15) is 0 Å². The highest BCUT2D eigenvalue weighted by Gasteiger charge is 2.14. The number of nitrogens with zero attached hydrogens (tertiary/aromatic N) is 3. The normalized spacial score (nSPS) is 11.7. The summed E-state index contributed by atoms with van der Waals surface area (Å²) in [5.74, 6) is 0.929. The van der Waals surface area contributed by atoms with Crippen molar-refractivity contribution in [2.24, 2.45) is 0 Å². The van der Waals surface area contributed by atoms with Gasteiger partial charge in [0, 0.05) is 24.0 Å². The molecule has 0 bridgehead atoms. The van der Waals surface area contributed by atoms with Crippen LogP contribution in [0.2, 0.25) is 0 Å². The summed E-state index contributed by atoms with van der Waals surface area (Å²) in [5.41, 5.74) is 3.29. The second-order valence-electron chi connectivity index (χ2n) is 6.00. The molecule has 0 saturated heterocycles. The summed E-state index contributed by atoms with van der Waals surface area (Å²) >= 11 is 1.68. The maximum atomic E-state index is 4.65. The number of hydrogen-bond donors (Lipinski definition) is 2. The fourth-order valence-corrected chi connectivity index (χ4v) is 3.90. The van der Waals surface area contributed by atoms with Crippen LogP contribution in [0, 0.1) is 13.8 Å². The second kappa shape index (κ2) is 6.14. The summed E-state index contributed by atoms with van der Waals surface area (Å²) < 4.78 is 1.11. The molecule has 116 valence electrons. The van der Waals surface area contributed by atoms with Crippen LogP contribution in [0.5, 0.6) is 0 Å². The Balaban J connectivity index is 1.96. The van der Waals surface area contributed by atoms with E-state index in [0.29, 0.717) is 0 Å². The lowest BCUT2D eigenvalue weighted by molar-refractivity contribution is -0.858. The zero-order valence-electron chi connectivity index (χ0n) is 13.5. The second-order valence-corrected chi connectivity index (χ2v) is 7.00. The SMILES string of the molecule is Cc1cc(C)c2c(n1)sc1c(NCCC[NH+](C)C)ncnc12. The first-order valence-electron chi connectivity index (χ1n) is 7.60. The standard InChI is InChI=1S/C16H21N5S/c1-10-8-11(2)20-16-12(10)13-14(22-16)15(19-9-18-13)17-6-5-7-21(3)4/h8-9H,5-7H2,1-4H3,(H,17,18,19)/p+1. The van der Waals surface area contributed by atoms with Crippen LogP contribution in [0.15, 0.2) is 12.4 Å². The van der Waals surface area contributed by atoms with Crippen LogP contribution in [-0.2, 0) is 0 Å². The van der Waals surface area contributed by atoms with E-state index in [9.17, 15) is 0 Å². The van der Waals surface area contributed by atoms with Gasteiger partial charge >= 0.3 is 0 Å². The van der Waals surface area contributed by atoms with E-state index in [4.69, 9.17) is 0 Å². The molecule has 3 rings (SSSR count). The van der Waals surface area contributed by atoms with Crippen LogP contribution >= 0.6 is 11.3 Å². The molecule has 0 atom stereocenters. The Kier molecular flexibility index (Phi) is 4.22. The molecular weight excluding hydrogens is 294 g/mol. The first-order valence-corrected chi connectivity index (χ1v) is 8.42. The molecule has 3 aromatic heterocycles. The molecule has 0 aliphatic carbocycles. The topological polar surface area (TPSA) is 55.1 Å². The monoisotopic (exact) mass is 316 g/mol. The average Bonchev–Trinajstić information content (AvgIpc) is 2.82. The quantitative estimate of drug-likeness (QED) is 0.705. The highest BCUT2D eigenvalue weighted by Crippen LogP contribution is 2.36. The maximum Gasteiger partial charge on any atom is 0.147 e. The number of aryl methyl sites for hydroxylation is 2. The van der Waals surface area contributed by atoms with E-state index in [0.717, 1.165) is 51.5 Å². The van der Waals surface area contributed by atoms with Crippen molar-refractivity contribution in [3.05, 3.63) is 23.7 Å². The number of aromatic nitrogens is 3. The lowest BCUT2D eigenvalue weighted by atomic mass is 10.1. The van der Waals surface area contributed by atoms with E-state index < -0.39 is 0 Å². The first-order chi connectivity index (χ1) is 10.6. The molecule has 22 heavy (non-hydrogen) atoms. The van der Waals surface area contributed by atoms with Crippen molar-refractivity contribution in [2.45, 2.75) is 20.3 Å². The van der Waals surface area contributed by atoms with Crippen molar-refractivity contribution in [2.75, 3.05) is 32.5 Å². The van der Waals surface area contributed by atoms with Gasteiger partial charge in [0.1, 0.15) is 17.0 Å². The van der Waals surface area contributed by atoms with E-state index in [1.165, 1.54) is 10.5 Å². The van der Waals surface area contributed by atoms with Gasteiger partial charge in [0.2, 0.25) is 0 Å². The van der Waals surface area contributed by atoms with Gasteiger partial charge in [-0.15, -0.1) is 11.3 Å². The fraction of sp³-hybridized carbons (Fsp3) is 0.438. The summed E-state index contributed by atoms with van der Waals surface area (Å²) in [6, 6.07) is 2.11. The molecule has 0 amide bonds. The minimum Gasteiger partial charge on any atom is -0.369 e. The van der Waals surface area contributed by atoms with Crippen molar-refractivity contribution in [1.29, 1.82) is 0 Å². The number of anilines is 1. The number of pyridine rings is 1. The first kappa shape index (κ1) is 15.1. The average molecular weight is 316 g/mol. The molecule has 0 aliphatic rings. The van der Waals surface area contributed by atoms with Gasteiger partial charge < -0.3 is 10.2 Å². The summed E-state index contributed by atoms with van der Waals surface area (Å²) in [6.45, 7) is 6.23. The van der Waals surface area contributed by atoms with Gasteiger partial charge in [-0.3, -0.25) is 0 Å². The van der Waals surface area contributed by atoms with E-state index >= 15 is 0 Å². The minimum atomic E-state index is 0.928. The summed E-state index contributed by atoms with van der Waals surface area (Å²) in [4.78, 5) is 16.1. The molecule has 0 fully saturated rings. The lowest BCUT2D eigenvalue weighted by Crippen LogP contribution is -3.05. The third-order valence-corrected chi connectivity index (χ3v) is 4.78. The molecule has 5 nitrogen and oxygen atoms in total. The molecule has 0 unspecified atom stereocenters. The van der Waals surface area contributed by atoms with Crippen molar-refractivity contribution in [3.63, 3.8) is 0 Å². The van der Waals surface area contributed by atoms with Gasteiger partial charge in [-0.1, -0.05) is 0 Å². The molecule has 6 heteroatoms. The zero-order valence-corrected chi connectivity index (χ0v) is 14.3. The Morgan fingerprint density at radius 1 is 1.23 bits per heavy atom. The Morgan fingerprint density at radius 3 is 2.82 bits per heavy atom. The van der Waals surface area contributed by atoms with Gasteiger partial charge in [0.15, 0.2) is 0 Å². The zero-order chi connectivity index (χ0) is 15.7. The maximum absolute atomic E-state index is 4.65. The fourth-order valence-electron chi connectivity index (χ4n) is 2.68. The van der Waals surface area contributed by atoms with Crippen molar-refractivity contribution >= 4 is 37.6 Å². The van der Waals surface area contributed by atoms with E-state index in [1.54, 1.807) is 17.7 Å². The highest BCUT2D eigenvalue weighted by molar-refractivity contribution is 7.26. The van der Waals surface area contributed by atoms with Gasteiger partial charge in [0.05, 0.1) is 30.9 Å². The number of rotatable bonds is 5. The van der Waals surface area contributed by atoms with Crippen molar-refractivity contribution < 1.29 is 4.90 Å². The molecule has 0 saturated carbocycles. The summed E-state index contributed by atoms with van der Waals surface area (Å²) in [5, 5.41) is 4.62. The Morgan fingerprint density at radius 2 is 2.05 bits per heavy atom. The Labute approximate surface area is 134 Å². The van der Waals surface area contributed by atoms with E-state index in [1.807, 2.05) is 6.92 Å². The van der Waals surface area contributed by atoms with Crippen LogP contribution in [0.1, 0.15) is 17.7 Å². The van der Waals surface area contributed by atoms with Crippen molar-refractivity contribution in [3.8, 4) is 0 Å². The van der Waals surface area contributed by atoms with Gasteiger partial charge in [-0.05, 0) is 25.5 Å². The number of hydrogen-bond acceptors (Lipinski definition) is 5. The van der Waals surface area contributed by atoms with E-state index in [-0.39, 0.29) is 0 Å². The number of quaternary nitrogens is 1. The number of fused-ring (bicyclic) bond motifs is 3.